The average Bonchev–Trinajstić information content (AvgIpc) is 1.85. The number of aryl methyl sites for hydroxylation is 1. The van der Waals surface area contributed by atoms with Gasteiger partial charge in [-0.2, -0.15) is 23.8 Å². The number of anilines is 1. The first-order chi connectivity index (χ1) is 5.18. The third kappa shape index (κ3) is 3.89. The molecule has 2 nitrogen and oxygen atoms in total. The van der Waals surface area contributed by atoms with Crippen molar-refractivity contribution in [2.45, 2.75) is 6.92 Å². The van der Waals surface area contributed by atoms with Crippen LogP contribution in [0, 0.1) is 19.9 Å². The minimum atomic E-state index is -0.313. The monoisotopic (exact) mass is 236 g/mol. The Morgan fingerprint density at radius 1 is 1.67 bits per heavy atom. The number of nitrogens with one attached hydrogen (secondary N) is 1. The summed E-state index contributed by atoms with van der Waals surface area (Å²) in [5.41, 5.74) is 1.76. The van der Waals surface area contributed by atoms with E-state index in [4.69, 9.17) is 0 Å². The fourth-order valence-electron chi connectivity index (χ4n) is 0.803. The molecule has 0 aliphatic rings. The third-order valence-electron chi connectivity index (χ3n) is 1.23. The summed E-state index contributed by atoms with van der Waals surface area (Å²) in [5, 5.41) is 2.54. The van der Waals surface area contributed by atoms with Gasteiger partial charge in [-0.1, -0.05) is 12.6 Å². The predicted molar refractivity (Wildman–Crippen MR) is 44.0 cm³/mol. The first-order valence-electron chi connectivity index (χ1n) is 3.30. The van der Waals surface area contributed by atoms with E-state index >= 15 is 0 Å². The van der Waals surface area contributed by atoms with E-state index in [0.29, 0.717) is 5.69 Å². The molecular weight excluding hydrogens is 227 g/mol. The molecule has 0 spiro atoms. The second kappa shape index (κ2) is 5.33. The van der Waals surface area contributed by atoms with Crippen molar-refractivity contribution in [3.8, 4) is 0 Å². The molecule has 0 fully saturated rings. The van der Waals surface area contributed by atoms with E-state index in [1.54, 1.807) is 6.07 Å². The molecule has 12 heavy (non-hydrogen) atoms. The maximum absolute atomic E-state index is 10.5. The van der Waals surface area contributed by atoms with Crippen molar-refractivity contribution in [3.05, 3.63) is 36.8 Å². The van der Waals surface area contributed by atoms with Crippen molar-refractivity contribution in [3.63, 3.8) is 0 Å². The summed E-state index contributed by atoms with van der Waals surface area (Å²) in [6.45, 7) is 5.14. The maximum Gasteiger partial charge on any atom is 0.0823 e. The number of carbonyl (C=O) groups excluding carboxylic acids is 1. The molecule has 1 rings (SSSR count). The van der Waals surface area contributed by atoms with Gasteiger partial charge in [0.05, 0.1) is 5.91 Å². The number of carbonyl (C=O) groups is 1. The summed E-state index contributed by atoms with van der Waals surface area (Å²) in [7, 11) is 0. The molecule has 1 amide bonds. The molecule has 0 bridgehead atoms. The van der Waals surface area contributed by atoms with Gasteiger partial charge in [-0.25, -0.2) is 0 Å². The van der Waals surface area contributed by atoms with E-state index in [-0.39, 0.29) is 38.6 Å². The molecule has 3 heteroatoms. The van der Waals surface area contributed by atoms with Gasteiger partial charge < -0.3 is 17.0 Å². The van der Waals surface area contributed by atoms with Gasteiger partial charge in [0, 0.05) is 32.7 Å². The smallest absolute Gasteiger partial charge is 0.0823 e. The van der Waals surface area contributed by atoms with Crippen molar-refractivity contribution >= 4 is 11.6 Å². The molecule has 0 aromatic heterocycles. The number of rotatable bonds is 1. The minimum absolute atomic E-state index is 0. The Morgan fingerprint density at radius 3 is 2.83 bits per heavy atom. The standard InChI is InChI=1S/C9H9NO.Y/c1-7-4-3-5-9(6-7)10-8(2)11;/h3-4,6H,2H2,1H3,(H,10,11);/q-2;. The molecule has 0 unspecified atom stereocenters. The Labute approximate surface area is 97.6 Å². The van der Waals surface area contributed by atoms with E-state index in [0.717, 1.165) is 5.56 Å². The Hall–Kier alpha value is -0.336. The van der Waals surface area contributed by atoms with Crippen LogP contribution in [0.3, 0.4) is 0 Å². The summed E-state index contributed by atoms with van der Waals surface area (Å²) in [6.07, 6.45) is 0. The van der Waals surface area contributed by atoms with Gasteiger partial charge in [-0.3, -0.25) is 0 Å². The first kappa shape index (κ1) is 11.7. The quantitative estimate of drug-likeness (QED) is 0.736. The van der Waals surface area contributed by atoms with Crippen molar-refractivity contribution in [2.24, 2.45) is 0 Å². The van der Waals surface area contributed by atoms with Crippen LogP contribution in [-0.2, 0) is 37.5 Å². The largest absolute Gasteiger partial charge is 0.375 e. The van der Waals surface area contributed by atoms with Gasteiger partial charge in [0.2, 0.25) is 0 Å². The molecule has 0 aliphatic carbocycles. The van der Waals surface area contributed by atoms with Gasteiger partial charge in [0.15, 0.2) is 0 Å². The van der Waals surface area contributed by atoms with Gasteiger partial charge in [0.25, 0.3) is 0 Å². The zero-order valence-corrected chi connectivity index (χ0v) is 9.76. The average molecular weight is 236 g/mol. The molecule has 0 saturated heterocycles. The minimum Gasteiger partial charge on any atom is -0.375 e. The third-order valence-corrected chi connectivity index (χ3v) is 1.23. The molecule has 1 radical (unpaired) electrons. The molecule has 0 atom stereocenters. The molecule has 1 N–H and O–H groups in total. The van der Waals surface area contributed by atoms with Crippen LogP contribution in [0.25, 0.3) is 0 Å². The molecule has 0 aliphatic heterocycles. The van der Waals surface area contributed by atoms with Crippen LogP contribution in [0.15, 0.2) is 18.2 Å². The van der Waals surface area contributed by atoms with Gasteiger partial charge in [-0.05, 0) is 0 Å². The Morgan fingerprint density at radius 2 is 2.33 bits per heavy atom. The molecular formula is C9H9NOY-2. The summed E-state index contributed by atoms with van der Waals surface area (Å²) < 4.78 is 0. The van der Waals surface area contributed by atoms with Crippen molar-refractivity contribution in [1.29, 1.82) is 0 Å². The summed E-state index contributed by atoms with van der Waals surface area (Å²) in [4.78, 5) is 10.5. The van der Waals surface area contributed by atoms with E-state index in [1.165, 1.54) is 0 Å². The van der Waals surface area contributed by atoms with Crippen LogP contribution in [0.2, 0.25) is 0 Å². The van der Waals surface area contributed by atoms with Gasteiger partial charge in [-0.15, -0.1) is 6.07 Å². The van der Waals surface area contributed by atoms with Crippen LogP contribution in [0.5, 0.6) is 0 Å². The summed E-state index contributed by atoms with van der Waals surface area (Å²) in [6, 6.07) is 8.38. The van der Waals surface area contributed by atoms with E-state index < -0.39 is 0 Å². The van der Waals surface area contributed by atoms with E-state index in [2.05, 4.69) is 18.3 Å². The summed E-state index contributed by atoms with van der Waals surface area (Å²) in [5.74, 6) is -0.313. The number of hydrogen-bond donors (Lipinski definition) is 1. The zero-order chi connectivity index (χ0) is 8.27. The Balaban J connectivity index is 0.00000121. The SMILES string of the molecule is [CH2-]C(=O)Nc1[c-]ccc(C)c1.[Y]. The van der Waals surface area contributed by atoms with Crippen molar-refractivity contribution < 1.29 is 37.5 Å². The van der Waals surface area contributed by atoms with Crippen LogP contribution in [0.4, 0.5) is 5.69 Å². The first-order valence-corrected chi connectivity index (χ1v) is 3.30. The second-order valence-corrected chi connectivity index (χ2v) is 2.33. The fraction of sp³-hybridized carbons (Fsp3) is 0.111. The number of benzene rings is 1. The Kier molecular flexibility index (Phi) is 5.18. The van der Waals surface area contributed by atoms with E-state index in [9.17, 15) is 4.79 Å². The normalized spacial score (nSPS) is 8.42. The molecule has 1 aromatic rings. The maximum atomic E-state index is 10.5. The number of amides is 1. The second-order valence-electron chi connectivity index (χ2n) is 2.33. The van der Waals surface area contributed by atoms with Crippen LogP contribution in [0.1, 0.15) is 5.56 Å². The molecule has 0 heterocycles. The van der Waals surface area contributed by atoms with Gasteiger partial charge >= 0.3 is 0 Å². The molecule has 1 aromatic carbocycles. The molecule has 61 valence electrons. The van der Waals surface area contributed by atoms with Crippen LogP contribution >= 0.6 is 0 Å². The molecule has 0 saturated carbocycles. The zero-order valence-electron chi connectivity index (χ0n) is 6.92. The summed E-state index contributed by atoms with van der Waals surface area (Å²) >= 11 is 0. The van der Waals surface area contributed by atoms with Crippen molar-refractivity contribution in [1.82, 2.24) is 0 Å². The number of hydrogen-bond acceptors (Lipinski definition) is 1. The fourth-order valence-corrected chi connectivity index (χ4v) is 0.803. The van der Waals surface area contributed by atoms with Crippen molar-refractivity contribution in [2.75, 3.05) is 5.32 Å². The van der Waals surface area contributed by atoms with Gasteiger partial charge in [0.1, 0.15) is 0 Å². The van der Waals surface area contributed by atoms with Crippen LogP contribution in [-0.4, -0.2) is 5.91 Å². The Bertz CT molecular complexity index is 273. The van der Waals surface area contributed by atoms with Crippen LogP contribution < -0.4 is 5.32 Å². The predicted octanol–water partition coefficient (Wildman–Crippen LogP) is 1.57. The van der Waals surface area contributed by atoms with E-state index in [1.807, 2.05) is 19.1 Å². The topological polar surface area (TPSA) is 29.1 Å².